The molecule has 3 rings (SSSR count). The number of Topliss-reactive ketones (excluding diaryl/α,β-unsaturated/α-hetero) is 1. The van der Waals surface area contributed by atoms with Gasteiger partial charge < -0.3 is 9.84 Å². The Bertz CT molecular complexity index is 935. The van der Waals surface area contributed by atoms with Crippen LogP contribution in [0, 0.1) is 0 Å². The number of rotatable bonds is 5. The molecular formula is C23H20O4. The van der Waals surface area contributed by atoms with E-state index in [9.17, 15) is 14.7 Å². The quantitative estimate of drug-likeness (QED) is 0.640. The summed E-state index contributed by atoms with van der Waals surface area (Å²) >= 11 is 0. The van der Waals surface area contributed by atoms with Gasteiger partial charge in [-0.05, 0) is 42.7 Å². The third-order valence-corrected chi connectivity index (χ3v) is 4.31. The number of allylic oxidation sites excluding steroid dienone is 4. The average Bonchev–Trinajstić information content (AvgIpc) is 2.88. The van der Waals surface area contributed by atoms with E-state index in [1.54, 1.807) is 61.5 Å². The van der Waals surface area contributed by atoms with Crippen LogP contribution >= 0.6 is 0 Å². The predicted octanol–water partition coefficient (Wildman–Crippen LogP) is 4.25. The van der Waals surface area contributed by atoms with Gasteiger partial charge in [-0.3, -0.25) is 4.79 Å². The molecule has 0 bridgehead atoms. The monoisotopic (exact) mass is 360 g/mol. The molecule has 0 atom stereocenters. The fraction of sp³-hybridized carbons (Fsp3) is 0.130. The van der Waals surface area contributed by atoms with E-state index in [0.29, 0.717) is 28.7 Å². The van der Waals surface area contributed by atoms with Crippen LogP contribution in [0.15, 0.2) is 95.3 Å². The van der Waals surface area contributed by atoms with Crippen molar-refractivity contribution in [1.29, 1.82) is 0 Å². The Balaban J connectivity index is 2.07. The lowest BCUT2D eigenvalue weighted by atomic mass is 9.99. The number of ether oxygens (including phenoxy) is 1. The highest BCUT2D eigenvalue weighted by Crippen LogP contribution is 2.27. The summed E-state index contributed by atoms with van der Waals surface area (Å²) in [5, 5.41) is 9.58. The van der Waals surface area contributed by atoms with Gasteiger partial charge in [0, 0.05) is 5.56 Å². The molecule has 0 spiro atoms. The van der Waals surface area contributed by atoms with Crippen LogP contribution in [0.4, 0.5) is 0 Å². The third kappa shape index (κ3) is 4.30. The molecule has 2 aromatic carbocycles. The molecule has 1 aliphatic rings. The van der Waals surface area contributed by atoms with Gasteiger partial charge in [0.1, 0.15) is 5.76 Å². The topological polar surface area (TPSA) is 63.6 Å². The highest BCUT2D eigenvalue weighted by molar-refractivity contribution is 6.11. The minimum atomic E-state index is -0.530. The first-order valence-corrected chi connectivity index (χ1v) is 8.69. The molecule has 0 fully saturated rings. The molecule has 1 N–H and O–H groups in total. The smallest absolute Gasteiger partial charge is 0.343 e. The van der Waals surface area contributed by atoms with E-state index in [1.807, 2.05) is 18.2 Å². The van der Waals surface area contributed by atoms with Crippen molar-refractivity contribution in [2.45, 2.75) is 13.3 Å². The van der Waals surface area contributed by atoms with Crippen molar-refractivity contribution in [3.8, 4) is 0 Å². The van der Waals surface area contributed by atoms with Crippen molar-refractivity contribution < 1.29 is 19.4 Å². The zero-order chi connectivity index (χ0) is 19.2. The molecule has 0 unspecified atom stereocenters. The van der Waals surface area contributed by atoms with Crippen LogP contribution in [0.2, 0.25) is 0 Å². The van der Waals surface area contributed by atoms with E-state index >= 15 is 0 Å². The lowest BCUT2D eigenvalue weighted by Gasteiger charge is -2.13. The van der Waals surface area contributed by atoms with Gasteiger partial charge in [0.25, 0.3) is 0 Å². The van der Waals surface area contributed by atoms with Crippen molar-refractivity contribution in [2.75, 3.05) is 6.61 Å². The maximum absolute atomic E-state index is 13.1. The summed E-state index contributed by atoms with van der Waals surface area (Å²) < 4.78 is 5.64. The highest BCUT2D eigenvalue weighted by atomic mass is 16.5. The van der Waals surface area contributed by atoms with Gasteiger partial charge in [-0.25, -0.2) is 4.79 Å². The Hall–Kier alpha value is -3.24. The zero-order valence-corrected chi connectivity index (χ0v) is 15.0. The molecule has 1 aliphatic carbocycles. The van der Waals surface area contributed by atoms with Crippen molar-refractivity contribution in [1.82, 2.24) is 0 Å². The van der Waals surface area contributed by atoms with Crippen LogP contribution in [-0.2, 0) is 4.74 Å². The second-order valence-corrected chi connectivity index (χ2v) is 6.25. The standard InChI is InChI=1S/C23H20O4/c1-16-12-13-17(15-24)14-20(21(25)18-8-4-2-5-9-18)22(16)27-23(26)19-10-6-3-7-11-19/h2-12,14,24H,13,15H2,1H3. The number of hydrogen-bond acceptors (Lipinski definition) is 4. The molecule has 0 amide bonds. The summed E-state index contributed by atoms with van der Waals surface area (Å²) in [5.74, 6) is -0.564. The van der Waals surface area contributed by atoms with Crippen LogP contribution in [0.3, 0.4) is 0 Å². The zero-order valence-electron chi connectivity index (χ0n) is 15.0. The molecule has 0 saturated carbocycles. The SMILES string of the molecule is CC1=CCC(CO)=CC(C(=O)c2ccccc2)=C1OC(=O)c1ccccc1. The third-order valence-electron chi connectivity index (χ3n) is 4.31. The minimum absolute atomic E-state index is 0.171. The van der Waals surface area contributed by atoms with Gasteiger partial charge >= 0.3 is 5.97 Å². The van der Waals surface area contributed by atoms with Gasteiger partial charge in [-0.2, -0.15) is 0 Å². The van der Waals surface area contributed by atoms with E-state index in [-0.39, 0.29) is 23.7 Å². The van der Waals surface area contributed by atoms with Crippen LogP contribution in [0.1, 0.15) is 34.1 Å². The summed E-state index contributed by atoms with van der Waals surface area (Å²) in [4.78, 5) is 25.6. The number of carbonyl (C=O) groups is 2. The van der Waals surface area contributed by atoms with E-state index in [4.69, 9.17) is 4.74 Å². The number of aliphatic hydroxyl groups is 1. The van der Waals surface area contributed by atoms with Crippen LogP contribution in [0.5, 0.6) is 0 Å². The van der Waals surface area contributed by atoms with Crippen LogP contribution < -0.4 is 0 Å². The Morgan fingerprint density at radius 3 is 2.15 bits per heavy atom. The molecule has 136 valence electrons. The number of benzene rings is 2. The second kappa shape index (κ2) is 8.43. The number of aliphatic hydroxyl groups excluding tert-OH is 1. The lowest BCUT2D eigenvalue weighted by molar-refractivity contribution is 0.0629. The van der Waals surface area contributed by atoms with E-state index in [0.717, 1.165) is 0 Å². The van der Waals surface area contributed by atoms with Crippen molar-refractivity contribution in [2.24, 2.45) is 0 Å². The van der Waals surface area contributed by atoms with Gasteiger partial charge in [-0.1, -0.05) is 54.6 Å². The first-order chi connectivity index (χ1) is 13.1. The van der Waals surface area contributed by atoms with E-state index < -0.39 is 5.97 Å². The number of ketones is 1. The summed E-state index contributed by atoms with van der Waals surface area (Å²) in [6, 6.07) is 17.4. The number of carbonyl (C=O) groups excluding carboxylic acids is 2. The summed E-state index contributed by atoms with van der Waals surface area (Å²) in [6.45, 7) is 1.62. The Labute approximate surface area is 158 Å². The fourth-order valence-electron chi connectivity index (χ4n) is 2.80. The predicted molar refractivity (Wildman–Crippen MR) is 103 cm³/mol. The van der Waals surface area contributed by atoms with Crippen molar-refractivity contribution >= 4 is 11.8 Å². The molecule has 0 aliphatic heterocycles. The van der Waals surface area contributed by atoms with E-state index in [2.05, 4.69) is 0 Å². The van der Waals surface area contributed by atoms with Crippen LogP contribution in [0.25, 0.3) is 0 Å². The first kappa shape index (κ1) is 18.5. The lowest BCUT2D eigenvalue weighted by Crippen LogP contribution is -2.12. The second-order valence-electron chi connectivity index (χ2n) is 6.25. The minimum Gasteiger partial charge on any atom is -0.422 e. The molecule has 27 heavy (non-hydrogen) atoms. The molecule has 4 nitrogen and oxygen atoms in total. The molecule has 0 heterocycles. The highest BCUT2D eigenvalue weighted by Gasteiger charge is 2.23. The molecular weight excluding hydrogens is 340 g/mol. The maximum atomic E-state index is 13.1. The normalized spacial score (nSPS) is 14.1. The Kier molecular flexibility index (Phi) is 5.79. The summed E-state index contributed by atoms with van der Waals surface area (Å²) in [7, 11) is 0. The van der Waals surface area contributed by atoms with E-state index in [1.165, 1.54) is 0 Å². The average molecular weight is 360 g/mol. The maximum Gasteiger partial charge on any atom is 0.343 e. The molecule has 0 saturated heterocycles. The summed E-state index contributed by atoms with van der Waals surface area (Å²) in [5.41, 5.74) is 2.52. The fourth-order valence-corrected chi connectivity index (χ4v) is 2.80. The molecule has 0 aromatic heterocycles. The van der Waals surface area contributed by atoms with Crippen LogP contribution in [-0.4, -0.2) is 23.5 Å². The molecule has 4 heteroatoms. The van der Waals surface area contributed by atoms with Gasteiger partial charge in [0.2, 0.25) is 0 Å². The Morgan fingerprint density at radius 2 is 1.56 bits per heavy atom. The Morgan fingerprint density at radius 1 is 0.963 bits per heavy atom. The van der Waals surface area contributed by atoms with Crippen molar-refractivity contribution in [3.05, 3.63) is 106 Å². The number of esters is 1. The molecule has 2 aromatic rings. The van der Waals surface area contributed by atoms with Gasteiger partial charge in [-0.15, -0.1) is 0 Å². The number of hydrogen-bond donors (Lipinski definition) is 1. The summed E-state index contributed by atoms with van der Waals surface area (Å²) in [6.07, 6.45) is 3.96. The molecule has 0 radical (unpaired) electrons. The van der Waals surface area contributed by atoms with Gasteiger partial charge in [0.05, 0.1) is 17.7 Å². The van der Waals surface area contributed by atoms with Crippen molar-refractivity contribution in [3.63, 3.8) is 0 Å². The largest absolute Gasteiger partial charge is 0.422 e. The first-order valence-electron chi connectivity index (χ1n) is 8.69. The van der Waals surface area contributed by atoms with Gasteiger partial charge in [0.15, 0.2) is 5.78 Å².